The van der Waals surface area contributed by atoms with E-state index in [9.17, 15) is 15.2 Å². The van der Waals surface area contributed by atoms with Crippen LogP contribution in [0.25, 0.3) is 0 Å². The number of hydrogen-bond acceptors (Lipinski definition) is 6. The quantitative estimate of drug-likeness (QED) is 0.189. The first-order valence-corrected chi connectivity index (χ1v) is 8.88. The van der Waals surface area contributed by atoms with Crippen molar-refractivity contribution in [3.05, 3.63) is 76.6 Å². The fourth-order valence-corrected chi connectivity index (χ4v) is 2.98. The molecule has 0 aliphatic heterocycles. The summed E-state index contributed by atoms with van der Waals surface area (Å²) in [6.45, 7) is 0. The molecular formula is C18H12ClN2NaO2S2. The van der Waals surface area contributed by atoms with Gasteiger partial charge in [-0.2, -0.15) is 5.26 Å². The fraction of sp³-hybridized carbons (Fsp3) is 0.0556. The number of carbonyl (C=O) groups excluding carboxylic acids is 1. The van der Waals surface area contributed by atoms with Gasteiger partial charge in [-0.3, -0.25) is 4.79 Å². The Labute approximate surface area is 188 Å². The van der Waals surface area contributed by atoms with Crippen LogP contribution in [0.3, 0.4) is 0 Å². The number of thiocarbonyl (C=S) groups is 1. The van der Waals surface area contributed by atoms with E-state index in [2.05, 4.69) is 5.32 Å². The summed E-state index contributed by atoms with van der Waals surface area (Å²) in [5, 5.41) is 24.5. The Kier molecular flexibility index (Phi) is 9.96. The van der Waals surface area contributed by atoms with Crippen LogP contribution < -0.4 is 40.0 Å². The van der Waals surface area contributed by atoms with Gasteiger partial charge in [-0.05, 0) is 30.1 Å². The minimum atomic E-state index is -0.616. The zero-order valence-electron chi connectivity index (χ0n) is 13.9. The van der Waals surface area contributed by atoms with E-state index >= 15 is 0 Å². The van der Waals surface area contributed by atoms with Gasteiger partial charge < -0.3 is 10.4 Å². The molecule has 2 aromatic carbocycles. The van der Waals surface area contributed by atoms with Gasteiger partial charge in [-0.15, -0.1) is 11.8 Å². The van der Waals surface area contributed by atoms with E-state index in [1.165, 1.54) is 0 Å². The monoisotopic (exact) mass is 410 g/mol. The van der Waals surface area contributed by atoms with E-state index in [1.807, 2.05) is 6.07 Å². The van der Waals surface area contributed by atoms with Gasteiger partial charge in [0.25, 0.3) is 0 Å². The van der Waals surface area contributed by atoms with Gasteiger partial charge in [0.05, 0.1) is 15.5 Å². The summed E-state index contributed by atoms with van der Waals surface area (Å²) in [7, 11) is 0. The molecule has 8 heteroatoms. The van der Waals surface area contributed by atoms with Crippen LogP contribution in [0, 0.1) is 11.3 Å². The molecule has 0 bridgehead atoms. The maximum absolute atomic E-state index is 12.2. The number of nitrogens with zero attached hydrogens (tertiary/aromatic N) is 1. The topological polar surface area (TPSA) is 76.0 Å². The van der Waals surface area contributed by atoms with Crippen molar-refractivity contribution in [3.63, 3.8) is 0 Å². The average Bonchev–Trinajstić information content (AvgIpc) is 2.63. The van der Waals surface area contributed by atoms with Gasteiger partial charge in [0.15, 0.2) is 5.78 Å². The van der Waals surface area contributed by atoms with Crippen molar-refractivity contribution in [2.75, 3.05) is 11.1 Å². The Bertz CT molecular complexity index is 850. The summed E-state index contributed by atoms with van der Waals surface area (Å²) in [5.41, 5.74) is 0.855. The molecule has 0 heterocycles. The number of benzene rings is 2. The third kappa shape index (κ3) is 6.76. The molecule has 0 fully saturated rings. The summed E-state index contributed by atoms with van der Waals surface area (Å²) >= 11 is 11.9. The molecule has 4 nitrogen and oxygen atoms in total. The standard InChI is InChI=1S/C18H13ClN2O2S2.Na/c19-13-6-8-14(9-7-13)21-17(23)15(10-20)18(24)25-11-16(22)12-4-2-1-3-5-12;/h1-9,21,23H,11H2;/q;+1/p-1/b17-15-;. The SMILES string of the molecule is N#C/C(C(=S)SCC(=O)c1ccccc1)=C(/[O-])Nc1ccc(Cl)cc1.[Na+]. The van der Waals surface area contributed by atoms with Gasteiger partial charge in [-0.25, -0.2) is 0 Å². The average molecular weight is 411 g/mol. The first-order valence-electron chi connectivity index (χ1n) is 7.10. The molecule has 0 aliphatic carbocycles. The number of rotatable bonds is 6. The van der Waals surface area contributed by atoms with Gasteiger partial charge >= 0.3 is 29.6 Å². The number of anilines is 1. The second-order valence-electron chi connectivity index (χ2n) is 4.81. The maximum Gasteiger partial charge on any atom is 1.00 e. The smallest absolute Gasteiger partial charge is 0.859 e. The Morgan fingerprint density at radius 2 is 1.81 bits per heavy atom. The van der Waals surface area contributed by atoms with Crippen LogP contribution in [0.2, 0.25) is 5.02 Å². The summed E-state index contributed by atoms with van der Waals surface area (Å²) in [6.07, 6.45) is 0. The Morgan fingerprint density at radius 1 is 1.19 bits per heavy atom. The molecule has 0 amide bonds. The van der Waals surface area contributed by atoms with Crippen molar-refractivity contribution in [1.29, 1.82) is 5.26 Å². The van der Waals surface area contributed by atoms with Gasteiger partial charge in [0.1, 0.15) is 6.07 Å². The number of nitrogens with one attached hydrogen (secondary N) is 1. The van der Waals surface area contributed by atoms with Crippen molar-refractivity contribution in [2.45, 2.75) is 0 Å². The van der Waals surface area contributed by atoms with Crippen molar-refractivity contribution in [1.82, 2.24) is 0 Å². The van der Waals surface area contributed by atoms with Crippen molar-refractivity contribution in [3.8, 4) is 6.07 Å². The Hall–Kier alpha value is -1.33. The number of thioether (sulfide) groups is 1. The van der Waals surface area contributed by atoms with Crippen LogP contribution in [0.1, 0.15) is 10.4 Å². The van der Waals surface area contributed by atoms with E-state index in [0.29, 0.717) is 16.3 Å². The minimum absolute atomic E-state index is 0. The zero-order valence-corrected chi connectivity index (χ0v) is 18.3. The predicted octanol–water partition coefficient (Wildman–Crippen LogP) is 0.795. The fourth-order valence-electron chi connectivity index (χ4n) is 1.83. The van der Waals surface area contributed by atoms with Crippen LogP contribution in [0.4, 0.5) is 5.69 Å². The van der Waals surface area contributed by atoms with E-state index in [-0.39, 0.29) is 50.9 Å². The van der Waals surface area contributed by atoms with E-state index in [4.69, 9.17) is 23.8 Å². The first kappa shape index (κ1) is 22.7. The van der Waals surface area contributed by atoms with Crippen LogP contribution in [-0.4, -0.2) is 15.7 Å². The molecule has 26 heavy (non-hydrogen) atoms. The van der Waals surface area contributed by atoms with E-state index in [0.717, 1.165) is 11.8 Å². The zero-order chi connectivity index (χ0) is 18.2. The summed E-state index contributed by atoms with van der Waals surface area (Å²) < 4.78 is 0.0817. The molecule has 126 valence electrons. The normalized spacial score (nSPS) is 10.8. The Morgan fingerprint density at radius 3 is 2.38 bits per heavy atom. The summed E-state index contributed by atoms with van der Waals surface area (Å²) in [5.74, 6) is -0.680. The predicted molar refractivity (Wildman–Crippen MR) is 104 cm³/mol. The first-order chi connectivity index (χ1) is 12.0. The number of ketones is 1. The number of halogens is 1. The number of Topliss-reactive ketones (excluding diaryl/α,β-unsaturated/α-hetero) is 1. The molecule has 0 radical (unpaired) electrons. The second kappa shape index (κ2) is 11.4. The number of carbonyl (C=O) groups is 1. The number of nitriles is 1. The molecule has 0 saturated carbocycles. The van der Waals surface area contributed by atoms with Gasteiger partial charge in [0.2, 0.25) is 0 Å². The van der Waals surface area contributed by atoms with Crippen LogP contribution >= 0.6 is 35.6 Å². The van der Waals surface area contributed by atoms with Crippen molar-refractivity contribution in [2.24, 2.45) is 0 Å². The minimum Gasteiger partial charge on any atom is -0.859 e. The van der Waals surface area contributed by atoms with E-state index < -0.39 is 5.88 Å². The van der Waals surface area contributed by atoms with Crippen molar-refractivity contribution < 1.29 is 39.5 Å². The molecule has 0 aromatic heterocycles. The molecule has 0 saturated heterocycles. The molecule has 0 spiro atoms. The number of hydrogen-bond donors (Lipinski definition) is 1. The molecule has 0 aliphatic rings. The molecule has 0 atom stereocenters. The van der Waals surface area contributed by atoms with Gasteiger partial charge in [-0.1, -0.05) is 54.2 Å². The Balaban J connectivity index is 0.00000338. The molecule has 2 aromatic rings. The van der Waals surface area contributed by atoms with Gasteiger partial charge in [0, 0.05) is 16.3 Å². The third-order valence-electron chi connectivity index (χ3n) is 3.08. The third-order valence-corrected chi connectivity index (χ3v) is 4.76. The maximum atomic E-state index is 12.2. The molecule has 0 unspecified atom stereocenters. The molecular weight excluding hydrogens is 399 g/mol. The van der Waals surface area contributed by atoms with E-state index in [1.54, 1.807) is 54.6 Å². The summed E-state index contributed by atoms with van der Waals surface area (Å²) in [4.78, 5) is 12.1. The largest absolute Gasteiger partial charge is 1.00 e. The second-order valence-corrected chi connectivity index (χ2v) is 6.90. The van der Waals surface area contributed by atoms with Crippen molar-refractivity contribution >= 4 is 51.2 Å². The van der Waals surface area contributed by atoms with Crippen LogP contribution in [0.15, 0.2) is 66.1 Å². The molecule has 1 N–H and O–H groups in total. The molecule has 2 rings (SSSR count). The summed E-state index contributed by atoms with van der Waals surface area (Å²) in [6, 6.07) is 17.0. The van der Waals surface area contributed by atoms with Crippen LogP contribution in [0.5, 0.6) is 0 Å². The van der Waals surface area contributed by atoms with Crippen LogP contribution in [-0.2, 0) is 0 Å².